The summed E-state index contributed by atoms with van der Waals surface area (Å²) in [6.45, 7) is 0.362. The van der Waals surface area contributed by atoms with E-state index in [9.17, 15) is 14.9 Å². The molecule has 0 saturated heterocycles. The van der Waals surface area contributed by atoms with Gasteiger partial charge in [-0.25, -0.2) is 4.98 Å². The Morgan fingerprint density at radius 3 is 2.95 bits per heavy atom. The van der Waals surface area contributed by atoms with Crippen LogP contribution in [0.5, 0.6) is 0 Å². The number of anilines is 1. The Balaban J connectivity index is 2.01. The fourth-order valence-electron chi connectivity index (χ4n) is 1.79. The maximum Gasteiger partial charge on any atom is 0.288 e. The summed E-state index contributed by atoms with van der Waals surface area (Å²) in [5, 5.41) is 17.3. The van der Waals surface area contributed by atoms with Crippen molar-refractivity contribution in [1.82, 2.24) is 20.1 Å². The molecule has 2 rings (SSSR count). The molecule has 1 amide bonds. The molecule has 0 fully saturated rings. The van der Waals surface area contributed by atoms with Crippen LogP contribution in [0.2, 0.25) is 0 Å². The van der Waals surface area contributed by atoms with E-state index in [-0.39, 0.29) is 17.1 Å². The average Bonchev–Trinajstić information content (AvgIpc) is 2.84. The minimum absolute atomic E-state index is 0.00536. The van der Waals surface area contributed by atoms with Gasteiger partial charge in [0.15, 0.2) is 0 Å². The molecule has 3 N–H and O–H groups in total. The van der Waals surface area contributed by atoms with Gasteiger partial charge >= 0.3 is 0 Å². The zero-order valence-electron chi connectivity index (χ0n) is 11.3. The Labute approximate surface area is 119 Å². The molecule has 9 heteroatoms. The standard InChI is InChI=1S/C12H14N6O3/c1-17-8(3-5-16-17)2-4-14-12(19)10-6-9(18(20)21)7-15-11(10)13/h3,5-7H,2,4H2,1H3,(H2,13,15)(H,14,19). The zero-order valence-corrected chi connectivity index (χ0v) is 11.3. The molecular formula is C12H14N6O3. The number of nitrogens with one attached hydrogen (secondary N) is 1. The van der Waals surface area contributed by atoms with Crippen LogP contribution >= 0.6 is 0 Å². The topological polar surface area (TPSA) is 129 Å². The third kappa shape index (κ3) is 3.32. The smallest absolute Gasteiger partial charge is 0.288 e. The van der Waals surface area contributed by atoms with E-state index in [0.717, 1.165) is 18.0 Å². The quantitative estimate of drug-likeness (QED) is 0.601. The average molecular weight is 290 g/mol. The monoisotopic (exact) mass is 290 g/mol. The molecular weight excluding hydrogens is 276 g/mol. The van der Waals surface area contributed by atoms with E-state index in [1.807, 2.05) is 6.07 Å². The minimum atomic E-state index is -0.626. The van der Waals surface area contributed by atoms with E-state index in [4.69, 9.17) is 5.73 Å². The highest BCUT2D eigenvalue weighted by Crippen LogP contribution is 2.16. The van der Waals surface area contributed by atoms with Gasteiger partial charge in [0, 0.05) is 38.0 Å². The number of carbonyl (C=O) groups excluding carboxylic acids is 1. The van der Waals surface area contributed by atoms with Gasteiger partial charge in [0.1, 0.15) is 12.0 Å². The Morgan fingerprint density at radius 2 is 2.33 bits per heavy atom. The number of nitrogen functional groups attached to an aromatic ring is 1. The summed E-state index contributed by atoms with van der Waals surface area (Å²) in [7, 11) is 1.81. The molecule has 0 aromatic carbocycles. The van der Waals surface area contributed by atoms with Crippen LogP contribution in [-0.4, -0.2) is 32.1 Å². The largest absolute Gasteiger partial charge is 0.383 e. The summed E-state index contributed by atoms with van der Waals surface area (Å²) < 4.78 is 1.70. The first-order chi connectivity index (χ1) is 9.99. The maximum atomic E-state index is 12.0. The van der Waals surface area contributed by atoms with Crippen molar-refractivity contribution in [3.8, 4) is 0 Å². The van der Waals surface area contributed by atoms with E-state index in [1.165, 1.54) is 0 Å². The zero-order chi connectivity index (χ0) is 15.4. The molecule has 21 heavy (non-hydrogen) atoms. The highest BCUT2D eigenvalue weighted by molar-refractivity contribution is 5.98. The molecule has 0 bridgehead atoms. The number of nitro groups is 1. The SMILES string of the molecule is Cn1nccc1CCNC(=O)c1cc([N+](=O)[O-])cnc1N. The lowest BCUT2D eigenvalue weighted by molar-refractivity contribution is -0.385. The van der Waals surface area contributed by atoms with Crippen molar-refractivity contribution >= 4 is 17.4 Å². The van der Waals surface area contributed by atoms with Gasteiger partial charge in [-0.3, -0.25) is 19.6 Å². The third-order valence-electron chi connectivity index (χ3n) is 2.95. The van der Waals surface area contributed by atoms with E-state index in [2.05, 4.69) is 15.4 Å². The third-order valence-corrected chi connectivity index (χ3v) is 2.95. The summed E-state index contributed by atoms with van der Waals surface area (Å²) in [5.41, 5.74) is 6.25. The van der Waals surface area contributed by atoms with Crippen molar-refractivity contribution in [2.24, 2.45) is 7.05 Å². The lowest BCUT2D eigenvalue weighted by Crippen LogP contribution is -2.27. The second-order valence-electron chi connectivity index (χ2n) is 4.34. The lowest BCUT2D eigenvalue weighted by atomic mass is 10.2. The highest BCUT2D eigenvalue weighted by Gasteiger charge is 2.16. The van der Waals surface area contributed by atoms with Crippen molar-refractivity contribution < 1.29 is 9.72 Å². The Morgan fingerprint density at radius 1 is 1.57 bits per heavy atom. The molecule has 0 spiro atoms. The van der Waals surface area contributed by atoms with Gasteiger partial charge in [0.2, 0.25) is 0 Å². The normalized spacial score (nSPS) is 10.3. The van der Waals surface area contributed by atoms with Crippen LogP contribution in [0, 0.1) is 10.1 Å². The lowest BCUT2D eigenvalue weighted by Gasteiger charge is -2.07. The fourth-order valence-corrected chi connectivity index (χ4v) is 1.79. The van der Waals surface area contributed by atoms with E-state index in [1.54, 1.807) is 17.9 Å². The molecule has 0 aliphatic carbocycles. The number of aryl methyl sites for hydroxylation is 1. The molecule has 0 unspecified atom stereocenters. The van der Waals surface area contributed by atoms with Crippen LogP contribution in [-0.2, 0) is 13.5 Å². The summed E-state index contributed by atoms with van der Waals surface area (Å²) in [5.74, 6) is -0.537. The van der Waals surface area contributed by atoms with E-state index in [0.29, 0.717) is 13.0 Å². The van der Waals surface area contributed by atoms with Crippen LogP contribution in [0.15, 0.2) is 24.5 Å². The molecule has 2 aromatic rings. The first kappa shape index (κ1) is 14.4. The van der Waals surface area contributed by atoms with Crippen molar-refractivity contribution in [3.63, 3.8) is 0 Å². The molecule has 0 aliphatic heterocycles. The predicted molar refractivity (Wildman–Crippen MR) is 74.5 cm³/mol. The van der Waals surface area contributed by atoms with Crippen LogP contribution < -0.4 is 11.1 Å². The van der Waals surface area contributed by atoms with Crippen molar-refractivity contribution in [1.29, 1.82) is 0 Å². The van der Waals surface area contributed by atoms with Crippen LogP contribution in [0.1, 0.15) is 16.1 Å². The Hall–Kier alpha value is -2.97. The minimum Gasteiger partial charge on any atom is -0.383 e. The molecule has 0 saturated carbocycles. The van der Waals surface area contributed by atoms with Gasteiger partial charge < -0.3 is 11.1 Å². The van der Waals surface area contributed by atoms with Crippen molar-refractivity contribution in [2.45, 2.75) is 6.42 Å². The molecule has 2 aromatic heterocycles. The van der Waals surface area contributed by atoms with Crippen LogP contribution in [0.4, 0.5) is 11.5 Å². The second kappa shape index (κ2) is 5.99. The summed E-state index contributed by atoms with van der Waals surface area (Å²) in [6, 6.07) is 2.96. The molecule has 2 heterocycles. The Kier molecular flexibility index (Phi) is 4.12. The number of rotatable bonds is 5. The van der Waals surface area contributed by atoms with Crippen molar-refractivity contribution in [2.75, 3.05) is 12.3 Å². The number of hydrogen-bond acceptors (Lipinski definition) is 6. The Bertz CT molecular complexity index is 681. The van der Waals surface area contributed by atoms with Crippen LogP contribution in [0.3, 0.4) is 0 Å². The number of hydrogen-bond donors (Lipinski definition) is 2. The maximum absolute atomic E-state index is 12.0. The summed E-state index contributed by atoms with van der Waals surface area (Å²) >= 11 is 0. The highest BCUT2D eigenvalue weighted by atomic mass is 16.6. The summed E-state index contributed by atoms with van der Waals surface area (Å²) in [4.78, 5) is 25.7. The van der Waals surface area contributed by atoms with Gasteiger partial charge in [0.25, 0.3) is 11.6 Å². The molecule has 0 atom stereocenters. The van der Waals surface area contributed by atoms with Crippen LogP contribution in [0.25, 0.3) is 0 Å². The second-order valence-corrected chi connectivity index (χ2v) is 4.34. The number of carbonyl (C=O) groups is 1. The van der Waals surface area contributed by atoms with Crippen molar-refractivity contribution in [3.05, 3.63) is 45.9 Å². The van der Waals surface area contributed by atoms with Gasteiger partial charge in [0.05, 0.1) is 10.5 Å². The van der Waals surface area contributed by atoms with Gasteiger partial charge in [-0.05, 0) is 6.07 Å². The van der Waals surface area contributed by atoms with Gasteiger partial charge in [-0.15, -0.1) is 0 Å². The first-order valence-corrected chi connectivity index (χ1v) is 6.14. The molecule has 0 aliphatic rings. The van der Waals surface area contributed by atoms with E-state index >= 15 is 0 Å². The van der Waals surface area contributed by atoms with Gasteiger partial charge in [-0.1, -0.05) is 0 Å². The van der Waals surface area contributed by atoms with Gasteiger partial charge in [-0.2, -0.15) is 5.10 Å². The predicted octanol–water partition coefficient (Wildman–Crippen LogP) is 0.278. The fraction of sp³-hybridized carbons (Fsp3) is 0.250. The summed E-state index contributed by atoms with van der Waals surface area (Å²) in [6.07, 6.45) is 3.27. The number of amides is 1. The number of aromatic nitrogens is 3. The first-order valence-electron chi connectivity index (χ1n) is 6.14. The molecule has 110 valence electrons. The van der Waals surface area contributed by atoms with E-state index < -0.39 is 10.8 Å². The number of pyridine rings is 1. The molecule has 9 nitrogen and oxygen atoms in total. The number of nitrogens with two attached hydrogens (primary N) is 1. The molecule has 0 radical (unpaired) electrons. The number of nitrogens with zero attached hydrogens (tertiary/aromatic N) is 4.